The van der Waals surface area contributed by atoms with Gasteiger partial charge in [-0.2, -0.15) is 0 Å². The second kappa shape index (κ2) is 11.5. The minimum atomic E-state index is 0.988. The Labute approximate surface area is 65.5 Å². The summed E-state index contributed by atoms with van der Waals surface area (Å²) in [6.45, 7) is 9.43. The van der Waals surface area contributed by atoms with E-state index in [2.05, 4.69) is 39.1 Å². The lowest BCUT2D eigenvalue weighted by Gasteiger charge is -1.88. The van der Waals surface area contributed by atoms with Crippen molar-refractivity contribution in [2.75, 3.05) is 13.6 Å². The predicted molar refractivity (Wildman–Crippen MR) is 49.3 cm³/mol. The third-order valence-corrected chi connectivity index (χ3v) is 0.714. The second-order valence-electron chi connectivity index (χ2n) is 2.55. The van der Waals surface area contributed by atoms with E-state index in [1.807, 2.05) is 7.05 Å². The van der Waals surface area contributed by atoms with Crippen LogP contribution in [0.4, 0.5) is 0 Å². The van der Waals surface area contributed by atoms with Crippen molar-refractivity contribution in [1.29, 1.82) is 0 Å². The van der Waals surface area contributed by atoms with E-state index in [1.165, 1.54) is 12.0 Å². The zero-order valence-corrected chi connectivity index (χ0v) is 7.99. The largest absolute Gasteiger partial charge is 0.316 e. The summed E-state index contributed by atoms with van der Waals surface area (Å²) in [6.07, 6.45) is 3.40. The summed E-state index contributed by atoms with van der Waals surface area (Å²) in [7, 11) is 1.94. The molecule has 10 heavy (non-hydrogen) atoms. The Morgan fingerprint density at radius 3 is 1.80 bits per heavy atom. The highest BCUT2D eigenvalue weighted by molar-refractivity contribution is 4.93. The fourth-order valence-corrected chi connectivity index (χ4v) is 0.306. The lowest BCUT2D eigenvalue weighted by atomic mass is 10.3. The van der Waals surface area contributed by atoms with Gasteiger partial charge in [-0.1, -0.05) is 31.9 Å². The molecular weight excluding hydrogens is 122 g/mol. The molecule has 0 bridgehead atoms. The molecule has 0 amide bonds. The van der Waals surface area contributed by atoms with Crippen LogP contribution in [0.3, 0.4) is 0 Å². The van der Waals surface area contributed by atoms with Crippen LogP contribution in [-0.2, 0) is 0 Å². The van der Waals surface area contributed by atoms with E-state index in [0.717, 1.165) is 6.54 Å². The van der Waals surface area contributed by atoms with Gasteiger partial charge >= 0.3 is 0 Å². The van der Waals surface area contributed by atoms with E-state index in [4.69, 9.17) is 0 Å². The first kappa shape index (κ1) is 12.4. The third-order valence-electron chi connectivity index (χ3n) is 0.714. The summed E-state index contributed by atoms with van der Waals surface area (Å²) in [5, 5.41) is 3.02. The maximum atomic E-state index is 3.02. The van der Waals surface area contributed by atoms with Crippen LogP contribution in [0.2, 0.25) is 0 Å². The highest BCUT2D eigenvalue weighted by atomic mass is 14.8. The quantitative estimate of drug-likeness (QED) is 0.586. The number of likely N-dealkylation sites (N-methyl/N-ethyl adjacent to an activating group) is 1. The summed E-state index contributed by atoms with van der Waals surface area (Å²) < 4.78 is 0. The normalized spacial score (nSPS) is 7.70. The van der Waals surface area contributed by atoms with Crippen molar-refractivity contribution in [2.24, 2.45) is 0 Å². The molecule has 0 fully saturated rings. The van der Waals surface area contributed by atoms with Gasteiger partial charge in [0.15, 0.2) is 0 Å². The average molecular weight is 143 g/mol. The smallest absolute Gasteiger partial charge is 0.0134 e. The van der Waals surface area contributed by atoms with Gasteiger partial charge in [0, 0.05) is 6.54 Å². The van der Waals surface area contributed by atoms with Crippen molar-refractivity contribution in [3.05, 3.63) is 11.6 Å². The van der Waals surface area contributed by atoms with Crippen LogP contribution in [0.25, 0.3) is 0 Å². The fraction of sp³-hybridized carbons (Fsp3) is 0.778. The summed E-state index contributed by atoms with van der Waals surface area (Å²) in [4.78, 5) is 0. The van der Waals surface area contributed by atoms with Crippen LogP contribution in [0, 0.1) is 0 Å². The van der Waals surface area contributed by atoms with Gasteiger partial charge in [-0.15, -0.1) is 0 Å². The molecule has 0 aliphatic heterocycles. The van der Waals surface area contributed by atoms with Gasteiger partial charge in [0.1, 0.15) is 0 Å². The van der Waals surface area contributed by atoms with Gasteiger partial charge in [-0.05, 0) is 20.9 Å². The molecule has 62 valence electrons. The maximum absolute atomic E-state index is 3.02. The molecule has 0 spiro atoms. The van der Waals surface area contributed by atoms with Crippen LogP contribution in [0.15, 0.2) is 11.6 Å². The number of allylic oxidation sites excluding steroid dienone is 1. The zero-order valence-electron chi connectivity index (χ0n) is 7.99. The molecule has 0 heterocycles. The van der Waals surface area contributed by atoms with Gasteiger partial charge in [-0.3, -0.25) is 0 Å². The highest BCUT2D eigenvalue weighted by Crippen LogP contribution is 1.83. The molecule has 0 saturated heterocycles. The lowest BCUT2D eigenvalue weighted by molar-refractivity contribution is 0.912. The van der Waals surface area contributed by atoms with Crippen molar-refractivity contribution in [2.45, 2.75) is 34.1 Å². The summed E-state index contributed by atoms with van der Waals surface area (Å²) in [5.74, 6) is 0. The van der Waals surface area contributed by atoms with Crippen LogP contribution in [0.1, 0.15) is 34.1 Å². The molecule has 0 unspecified atom stereocenters. The van der Waals surface area contributed by atoms with Gasteiger partial charge in [0.2, 0.25) is 0 Å². The Hall–Kier alpha value is -0.300. The molecule has 1 heteroatoms. The van der Waals surface area contributed by atoms with Crippen LogP contribution < -0.4 is 5.32 Å². The summed E-state index contributed by atoms with van der Waals surface area (Å²) in [6, 6.07) is 0. The molecule has 0 aliphatic rings. The van der Waals surface area contributed by atoms with Crippen molar-refractivity contribution >= 4 is 0 Å². The highest BCUT2D eigenvalue weighted by Gasteiger charge is 1.71. The van der Waals surface area contributed by atoms with Crippen molar-refractivity contribution in [1.82, 2.24) is 5.32 Å². The van der Waals surface area contributed by atoms with Gasteiger partial charge < -0.3 is 5.32 Å². The van der Waals surface area contributed by atoms with E-state index < -0.39 is 0 Å². The molecule has 1 nitrogen and oxygen atoms in total. The molecule has 0 aromatic rings. The Morgan fingerprint density at radius 1 is 1.30 bits per heavy atom. The number of hydrogen-bond acceptors (Lipinski definition) is 1. The monoisotopic (exact) mass is 143 g/mol. The number of nitrogens with one attached hydrogen (secondary N) is 1. The first-order valence-electron chi connectivity index (χ1n) is 3.96. The Morgan fingerprint density at radius 2 is 1.70 bits per heavy atom. The maximum Gasteiger partial charge on any atom is 0.0134 e. The third kappa shape index (κ3) is 25.2. The minimum absolute atomic E-state index is 0.988. The minimum Gasteiger partial charge on any atom is -0.316 e. The lowest BCUT2D eigenvalue weighted by Crippen LogP contribution is -2.04. The van der Waals surface area contributed by atoms with E-state index in [-0.39, 0.29) is 0 Å². The molecule has 0 aromatic carbocycles. The van der Waals surface area contributed by atoms with Crippen molar-refractivity contribution < 1.29 is 0 Å². The topological polar surface area (TPSA) is 12.0 Å². The number of rotatable bonds is 2. The zero-order chi connectivity index (χ0) is 8.41. The van der Waals surface area contributed by atoms with E-state index >= 15 is 0 Å². The average Bonchev–Trinajstić information content (AvgIpc) is 1.85. The standard InChI is InChI=1S/C6H13N.C3H8/c1-6(2)4-5-7-3;1-3-2/h4,7H,5H2,1-3H3;3H2,1-2H3. The SMILES string of the molecule is CCC.CNCC=C(C)C. The Kier molecular flexibility index (Phi) is 14.2. The van der Waals surface area contributed by atoms with E-state index in [9.17, 15) is 0 Å². The summed E-state index contributed by atoms with van der Waals surface area (Å²) >= 11 is 0. The van der Waals surface area contributed by atoms with E-state index in [0.29, 0.717) is 0 Å². The van der Waals surface area contributed by atoms with Crippen LogP contribution in [-0.4, -0.2) is 13.6 Å². The van der Waals surface area contributed by atoms with Gasteiger partial charge in [0.25, 0.3) is 0 Å². The first-order chi connectivity index (χ1) is 4.68. The molecule has 0 atom stereocenters. The van der Waals surface area contributed by atoms with Crippen molar-refractivity contribution in [3.8, 4) is 0 Å². The van der Waals surface area contributed by atoms with Crippen LogP contribution in [0.5, 0.6) is 0 Å². The fourth-order valence-electron chi connectivity index (χ4n) is 0.306. The van der Waals surface area contributed by atoms with E-state index in [1.54, 1.807) is 0 Å². The first-order valence-corrected chi connectivity index (χ1v) is 3.96. The molecule has 0 rings (SSSR count). The molecule has 1 N–H and O–H groups in total. The molecule has 0 radical (unpaired) electrons. The Balaban J connectivity index is 0. The van der Waals surface area contributed by atoms with Gasteiger partial charge in [0.05, 0.1) is 0 Å². The van der Waals surface area contributed by atoms with Crippen LogP contribution >= 0.6 is 0 Å². The molecule has 0 saturated carbocycles. The number of hydrogen-bond donors (Lipinski definition) is 1. The Bertz CT molecular complexity index is 70.8. The van der Waals surface area contributed by atoms with Gasteiger partial charge in [-0.25, -0.2) is 0 Å². The molecular formula is C9H21N. The van der Waals surface area contributed by atoms with Crippen molar-refractivity contribution in [3.63, 3.8) is 0 Å². The molecule has 0 aliphatic carbocycles. The summed E-state index contributed by atoms with van der Waals surface area (Å²) in [5.41, 5.74) is 1.37. The predicted octanol–water partition coefficient (Wildman–Crippen LogP) is 2.59. The second-order valence-corrected chi connectivity index (χ2v) is 2.55. The molecule has 0 aromatic heterocycles.